The van der Waals surface area contributed by atoms with Gasteiger partial charge in [0.2, 0.25) is 0 Å². The van der Waals surface area contributed by atoms with Crippen molar-refractivity contribution in [3.63, 3.8) is 0 Å². The quantitative estimate of drug-likeness (QED) is 0.286. The summed E-state index contributed by atoms with van der Waals surface area (Å²) in [5.74, 6) is 0. The molecule has 156 valence electrons. The maximum atomic E-state index is 12.1. The van der Waals surface area contributed by atoms with Gasteiger partial charge in [-0.1, -0.05) is 0 Å². The van der Waals surface area contributed by atoms with Crippen molar-refractivity contribution in [1.82, 2.24) is 0 Å². The van der Waals surface area contributed by atoms with Crippen LogP contribution in [0.3, 0.4) is 0 Å². The Morgan fingerprint density at radius 1 is 0.679 bits per heavy atom. The van der Waals surface area contributed by atoms with Crippen LogP contribution in [0.4, 0.5) is 4.79 Å². The fourth-order valence-corrected chi connectivity index (χ4v) is 3.74. The van der Waals surface area contributed by atoms with Crippen molar-refractivity contribution >= 4 is 6.16 Å². The summed E-state index contributed by atoms with van der Waals surface area (Å²) in [6.07, 6.45) is -7.40. The van der Waals surface area contributed by atoms with Crippen molar-refractivity contribution < 1.29 is 53.1 Å². The van der Waals surface area contributed by atoms with E-state index in [0.717, 1.165) is 0 Å². The first kappa shape index (κ1) is 18.9. The molecule has 28 heavy (non-hydrogen) atoms. The van der Waals surface area contributed by atoms with Crippen LogP contribution in [0.15, 0.2) is 0 Å². The van der Waals surface area contributed by atoms with Crippen LogP contribution in [0.2, 0.25) is 0 Å². The molecule has 0 aromatic heterocycles. The Morgan fingerprint density at radius 3 is 1.36 bits per heavy atom. The molecule has 4 heterocycles. The van der Waals surface area contributed by atoms with Crippen molar-refractivity contribution in [2.24, 2.45) is 0 Å². The minimum Gasteiger partial charge on any atom is -0.426 e. The summed E-state index contributed by atoms with van der Waals surface area (Å²) in [6.45, 7) is -0.219. The third-order valence-electron chi connectivity index (χ3n) is 4.86. The molecule has 15 heteroatoms. The van der Waals surface area contributed by atoms with Gasteiger partial charge in [-0.2, -0.15) is 0 Å². The lowest BCUT2D eigenvalue weighted by molar-refractivity contribution is -0.769. The van der Waals surface area contributed by atoms with Crippen LogP contribution < -0.4 is 0 Å². The number of carbonyl (C=O) groups excluding carboxylic acids is 1. The van der Waals surface area contributed by atoms with E-state index in [9.17, 15) is 25.0 Å². The molecule has 4 fully saturated rings. The van der Waals surface area contributed by atoms with Crippen LogP contribution in [-0.2, 0) is 38.1 Å². The Labute approximate surface area is 155 Å². The standard InChI is InChI=1S/C13H16N2O13/c16-13(25-5-1-21-11-7(27-14(17)18)3-23-9(5)11)26-6-2-22-12-8(28-15(19)20)4-24-10(6)12/h5-12H,1-4H2/t5-,6-,7-,8-,9+,10+,11+,12+/m0/s1. The topological polar surface area (TPSA) is 177 Å². The van der Waals surface area contributed by atoms with Crippen molar-refractivity contribution in [1.29, 1.82) is 0 Å². The number of ether oxygens (including phenoxy) is 6. The van der Waals surface area contributed by atoms with Gasteiger partial charge in [0.05, 0.1) is 26.4 Å². The Balaban J connectivity index is 1.27. The summed E-state index contributed by atoms with van der Waals surface area (Å²) in [4.78, 5) is 42.0. The smallest absolute Gasteiger partial charge is 0.426 e. The van der Waals surface area contributed by atoms with E-state index < -0.39 is 65.2 Å². The molecule has 0 aliphatic carbocycles. The first-order valence-electron chi connectivity index (χ1n) is 8.38. The molecule has 8 atom stereocenters. The van der Waals surface area contributed by atoms with Crippen molar-refractivity contribution in [2.75, 3.05) is 26.4 Å². The predicted molar refractivity (Wildman–Crippen MR) is 77.8 cm³/mol. The molecule has 0 aromatic carbocycles. The van der Waals surface area contributed by atoms with Gasteiger partial charge in [0, 0.05) is 0 Å². The van der Waals surface area contributed by atoms with Gasteiger partial charge in [-0.3, -0.25) is 0 Å². The average molecular weight is 408 g/mol. The first-order valence-corrected chi connectivity index (χ1v) is 8.38. The molecule has 0 aromatic rings. The fourth-order valence-electron chi connectivity index (χ4n) is 3.74. The normalized spacial score (nSPS) is 41.1. The van der Waals surface area contributed by atoms with Crippen molar-refractivity contribution in [3.8, 4) is 0 Å². The van der Waals surface area contributed by atoms with Crippen molar-refractivity contribution in [3.05, 3.63) is 20.2 Å². The summed E-state index contributed by atoms with van der Waals surface area (Å²) in [7, 11) is 0. The van der Waals surface area contributed by atoms with E-state index in [1.165, 1.54) is 0 Å². The van der Waals surface area contributed by atoms with Crippen LogP contribution in [0.5, 0.6) is 0 Å². The third-order valence-corrected chi connectivity index (χ3v) is 4.86. The van der Waals surface area contributed by atoms with Gasteiger partial charge >= 0.3 is 6.16 Å². The molecular weight excluding hydrogens is 392 g/mol. The Kier molecular flexibility index (Phi) is 5.05. The molecule has 0 unspecified atom stereocenters. The predicted octanol–water partition coefficient (Wildman–Crippen LogP) is -1.37. The Bertz CT molecular complexity index is 594. The van der Waals surface area contributed by atoms with Gasteiger partial charge in [0.15, 0.2) is 24.4 Å². The number of fused-ring (bicyclic) bond motifs is 2. The van der Waals surface area contributed by atoms with Gasteiger partial charge in [0.1, 0.15) is 24.4 Å². The fraction of sp³-hybridized carbons (Fsp3) is 0.923. The highest BCUT2D eigenvalue weighted by Gasteiger charge is 2.53. The highest BCUT2D eigenvalue weighted by Crippen LogP contribution is 2.33. The lowest BCUT2D eigenvalue weighted by atomic mass is 10.1. The molecular formula is C13H16N2O13. The molecule has 4 rings (SSSR count). The van der Waals surface area contributed by atoms with E-state index in [1.54, 1.807) is 0 Å². The largest absolute Gasteiger partial charge is 0.509 e. The van der Waals surface area contributed by atoms with E-state index in [-0.39, 0.29) is 26.4 Å². The Morgan fingerprint density at radius 2 is 1.00 bits per heavy atom. The van der Waals surface area contributed by atoms with Gasteiger partial charge in [-0.05, 0) is 0 Å². The molecule has 15 nitrogen and oxygen atoms in total. The summed E-state index contributed by atoms with van der Waals surface area (Å²) in [5.41, 5.74) is 0. The van der Waals surface area contributed by atoms with Crippen molar-refractivity contribution in [2.45, 2.75) is 48.8 Å². The molecule has 0 bridgehead atoms. The highest BCUT2D eigenvalue weighted by atomic mass is 17.0. The molecule has 0 amide bonds. The first-order chi connectivity index (χ1) is 13.4. The molecule has 4 aliphatic rings. The van der Waals surface area contributed by atoms with E-state index in [2.05, 4.69) is 9.68 Å². The van der Waals surface area contributed by atoms with Gasteiger partial charge in [-0.15, -0.1) is 20.2 Å². The van der Waals surface area contributed by atoms with E-state index in [0.29, 0.717) is 0 Å². The van der Waals surface area contributed by atoms with E-state index >= 15 is 0 Å². The second-order valence-electron chi connectivity index (χ2n) is 6.49. The molecule has 4 saturated heterocycles. The Hall–Kier alpha value is -2.49. The molecule has 0 saturated carbocycles. The minimum absolute atomic E-state index is 0.0372. The monoisotopic (exact) mass is 408 g/mol. The molecule has 0 radical (unpaired) electrons. The number of nitrogens with zero attached hydrogens (tertiary/aromatic N) is 2. The number of rotatable bonds is 6. The van der Waals surface area contributed by atoms with Crippen LogP contribution in [0.1, 0.15) is 0 Å². The molecule has 4 aliphatic heterocycles. The van der Waals surface area contributed by atoms with E-state index in [1.807, 2.05) is 0 Å². The lowest BCUT2D eigenvalue weighted by Crippen LogP contribution is -2.38. The average Bonchev–Trinajstić information content (AvgIpc) is 3.34. The summed E-state index contributed by atoms with van der Waals surface area (Å²) < 4.78 is 31.9. The number of hydrogen-bond acceptors (Lipinski definition) is 13. The van der Waals surface area contributed by atoms with Gasteiger partial charge < -0.3 is 38.1 Å². The summed E-state index contributed by atoms with van der Waals surface area (Å²) in [6, 6.07) is 0. The maximum absolute atomic E-state index is 12.1. The van der Waals surface area contributed by atoms with E-state index in [4.69, 9.17) is 28.4 Å². The lowest BCUT2D eigenvalue weighted by Gasteiger charge is -2.20. The second kappa shape index (κ2) is 7.50. The van der Waals surface area contributed by atoms with Crippen LogP contribution in [0, 0.1) is 20.2 Å². The minimum atomic E-state index is -1.03. The zero-order chi connectivity index (χ0) is 19.8. The summed E-state index contributed by atoms with van der Waals surface area (Å²) >= 11 is 0. The molecule has 0 spiro atoms. The zero-order valence-corrected chi connectivity index (χ0v) is 14.1. The second-order valence-corrected chi connectivity index (χ2v) is 6.49. The zero-order valence-electron chi connectivity index (χ0n) is 14.1. The third kappa shape index (κ3) is 3.60. The maximum Gasteiger partial charge on any atom is 0.509 e. The number of carbonyl (C=O) groups is 1. The summed E-state index contributed by atoms with van der Waals surface area (Å²) in [5, 5.41) is 19.1. The highest BCUT2D eigenvalue weighted by molar-refractivity contribution is 5.60. The van der Waals surface area contributed by atoms with Crippen LogP contribution in [-0.4, -0.2) is 91.6 Å². The van der Waals surface area contributed by atoms with Gasteiger partial charge in [0.25, 0.3) is 10.2 Å². The van der Waals surface area contributed by atoms with Crippen LogP contribution >= 0.6 is 0 Å². The number of hydrogen-bond donors (Lipinski definition) is 0. The molecule has 0 N–H and O–H groups in total. The van der Waals surface area contributed by atoms with Crippen LogP contribution in [0.25, 0.3) is 0 Å². The van der Waals surface area contributed by atoms with Gasteiger partial charge in [-0.25, -0.2) is 4.79 Å². The SMILES string of the molecule is O=C(O[C@H]1CO[C@H]2[C@@H]1OC[C@@H]2O[N+](=O)[O-])O[C@H]1CO[C@H]2[C@@H]1OC[C@@H]2O[N+](=O)[O-].